The summed E-state index contributed by atoms with van der Waals surface area (Å²) < 4.78 is 0. The van der Waals surface area contributed by atoms with Gasteiger partial charge in [0.05, 0.1) is 34.4 Å². The number of aliphatic hydroxyl groups is 1. The van der Waals surface area contributed by atoms with E-state index in [1.807, 2.05) is 16.8 Å². The van der Waals surface area contributed by atoms with Crippen LogP contribution in [0.1, 0.15) is 25.7 Å². The van der Waals surface area contributed by atoms with Gasteiger partial charge in [-0.3, -0.25) is 4.79 Å². The monoisotopic (exact) mass is 478 g/mol. The van der Waals surface area contributed by atoms with Crippen LogP contribution in [-0.4, -0.2) is 70.3 Å². The van der Waals surface area contributed by atoms with Gasteiger partial charge in [0.2, 0.25) is 0 Å². The maximum Gasteiger partial charge on any atom is 0.261 e. The lowest BCUT2D eigenvalue weighted by Crippen LogP contribution is -2.44. The third kappa shape index (κ3) is 3.87. The molecule has 34 heavy (non-hydrogen) atoms. The van der Waals surface area contributed by atoms with E-state index in [1.54, 1.807) is 11.3 Å². The van der Waals surface area contributed by atoms with Crippen LogP contribution in [0.5, 0.6) is 0 Å². The van der Waals surface area contributed by atoms with Gasteiger partial charge in [-0.2, -0.15) is 0 Å². The van der Waals surface area contributed by atoms with Gasteiger partial charge in [-0.15, -0.1) is 11.3 Å². The van der Waals surface area contributed by atoms with Crippen LogP contribution < -0.4 is 15.8 Å². The van der Waals surface area contributed by atoms with Gasteiger partial charge >= 0.3 is 0 Å². The quantitative estimate of drug-likeness (QED) is 0.358. The standard InChI is InChI=1S/C25H30N6O2S/c1-30-8-10-31(11-9-30)15-6-7-17-19(12-15)28-24(27-17)22-23(26-18-4-2-3-5-21(18)32)16-13-34-14-20(16)29-25(22)33/h6-7,12-14,18,21,26,32H,2-5,8-11H2,1H3,(H,27,28)(H,29,33)/t18-,21+/m0/s1. The van der Waals surface area contributed by atoms with Crippen molar-refractivity contribution in [1.29, 1.82) is 0 Å². The molecule has 178 valence electrons. The molecule has 8 nitrogen and oxygen atoms in total. The summed E-state index contributed by atoms with van der Waals surface area (Å²) in [6.45, 7) is 4.08. The molecular formula is C25H30N6O2S. The van der Waals surface area contributed by atoms with Gasteiger partial charge in [0.15, 0.2) is 0 Å². The Labute approximate surface area is 201 Å². The number of aliphatic hydroxyl groups excluding tert-OH is 1. The molecule has 2 atom stereocenters. The number of aromatic nitrogens is 3. The summed E-state index contributed by atoms with van der Waals surface area (Å²) in [5, 5.41) is 19.1. The Balaban J connectivity index is 1.42. The number of H-pyrrole nitrogens is 2. The van der Waals surface area contributed by atoms with Crippen molar-refractivity contribution in [2.24, 2.45) is 0 Å². The Morgan fingerprint density at radius 2 is 1.91 bits per heavy atom. The molecule has 4 N–H and O–H groups in total. The predicted molar refractivity (Wildman–Crippen MR) is 139 cm³/mol. The fourth-order valence-corrected chi connectivity index (χ4v) is 6.01. The van der Waals surface area contributed by atoms with Gasteiger partial charge in [-0.25, -0.2) is 4.98 Å². The highest BCUT2D eigenvalue weighted by Crippen LogP contribution is 2.35. The largest absolute Gasteiger partial charge is 0.391 e. The second kappa shape index (κ2) is 8.72. The smallest absolute Gasteiger partial charge is 0.261 e. The summed E-state index contributed by atoms with van der Waals surface area (Å²) in [4.78, 5) is 29.2. The predicted octanol–water partition coefficient (Wildman–Crippen LogP) is 3.60. The van der Waals surface area contributed by atoms with E-state index in [4.69, 9.17) is 4.98 Å². The molecule has 2 fully saturated rings. The third-order valence-electron chi connectivity index (χ3n) is 7.29. The molecule has 1 saturated carbocycles. The lowest BCUT2D eigenvalue weighted by atomic mass is 9.92. The Morgan fingerprint density at radius 1 is 1.09 bits per heavy atom. The summed E-state index contributed by atoms with van der Waals surface area (Å²) >= 11 is 1.55. The number of likely N-dealkylation sites (N-methyl/N-ethyl adjacent to an activating group) is 1. The Kier molecular flexibility index (Phi) is 5.55. The first-order valence-electron chi connectivity index (χ1n) is 12.1. The van der Waals surface area contributed by atoms with Crippen LogP contribution in [0.3, 0.4) is 0 Å². The number of anilines is 2. The van der Waals surface area contributed by atoms with Crippen LogP contribution in [0.4, 0.5) is 11.4 Å². The molecule has 1 aliphatic carbocycles. The van der Waals surface area contributed by atoms with Crippen LogP contribution >= 0.6 is 11.3 Å². The highest BCUT2D eigenvalue weighted by atomic mass is 32.1. The molecule has 1 aliphatic heterocycles. The zero-order chi connectivity index (χ0) is 23.2. The second-order valence-corrected chi connectivity index (χ2v) is 10.3. The Hall–Kier alpha value is -2.88. The number of imidazole rings is 1. The first-order chi connectivity index (χ1) is 16.6. The number of hydrogen-bond acceptors (Lipinski definition) is 7. The Bertz CT molecular complexity index is 1380. The number of nitrogens with zero attached hydrogens (tertiary/aromatic N) is 3. The maximum absolute atomic E-state index is 13.3. The molecule has 0 bridgehead atoms. The van der Waals surface area contributed by atoms with E-state index in [0.29, 0.717) is 11.4 Å². The molecule has 1 saturated heterocycles. The molecule has 4 aromatic rings. The van der Waals surface area contributed by atoms with Gasteiger partial charge in [-0.1, -0.05) is 12.8 Å². The highest BCUT2D eigenvalue weighted by Gasteiger charge is 2.27. The topological polar surface area (TPSA) is 100 Å². The van der Waals surface area contributed by atoms with Crippen molar-refractivity contribution in [3.8, 4) is 11.4 Å². The lowest BCUT2D eigenvalue weighted by Gasteiger charge is -2.34. The van der Waals surface area contributed by atoms with Gasteiger partial charge in [-0.05, 0) is 38.1 Å². The number of hydrogen-bond donors (Lipinski definition) is 4. The number of benzene rings is 1. The van der Waals surface area contributed by atoms with Crippen LogP contribution in [0.2, 0.25) is 0 Å². The zero-order valence-corrected chi connectivity index (χ0v) is 20.1. The summed E-state index contributed by atoms with van der Waals surface area (Å²) in [6.07, 6.45) is 3.35. The minimum Gasteiger partial charge on any atom is -0.391 e. The average molecular weight is 479 g/mol. The van der Waals surface area contributed by atoms with Crippen molar-refractivity contribution in [1.82, 2.24) is 19.9 Å². The fraction of sp³-hybridized carbons (Fsp3) is 0.440. The molecule has 3 aromatic heterocycles. The van der Waals surface area contributed by atoms with Crippen molar-refractivity contribution >= 4 is 44.6 Å². The van der Waals surface area contributed by atoms with Crippen LogP contribution in [0.15, 0.2) is 33.8 Å². The van der Waals surface area contributed by atoms with Crippen LogP contribution in [-0.2, 0) is 0 Å². The minimum absolute atomic E-state index is 0.0781. The van der Waals surface area contributed by atoms with E-state index in [2.05, 4.69) is 44.3 Å². The SMILES string of the molecule is CN1CCN(c2ccc3nc(-c4c(N[C@H]5CCCC[C@H]5O)c5cscc5[nH]c4=O)[nH]c3c2)CC1. The number of aromatic amines is 2. The molecule has 6 rings (SSSR count). The number of nitrogens with one attached hydrogen (secondary N) is 3. The second-order valence-electron chi connectivity index (χ2n) is 9.58. The minimum atomic E-state index is -0.420. The molecule has 1 aromatic carbocycles. The first-order valence-corrected chi connectivity index (χ1v) is 13.0. The molecule has 2 aliphatic rings. The van der Waals surface area contributed by atoms with E-state index in [-0.39, 0.29) is 11.6 Å². The maximum atomic E-state index is 13.3. The number of pyridine rings is 1. The average Bonchev–Trinajstić information content (AvgIpc) is 3.47. The molecule has 0 spiro atoms. The molecule has 0 radical (unpaired) electrons. The Morgan fingerprint density at radius 3 is 2.74 bits per heavy atom. The van der Waals surface area contributed by atoms with Gasteiger partial charge in [0.1, 0.15) is 11.4 Å². The first kappa shape index (κ1) is 21.6. The van der Waals surface area contributed by atoms with Crippen LogP contribution in [0.25, 0.3) is 33.3 Å². The molecule has 9 heteroatoms. The summed E-state index contributed by atoms with van der Waals surface area (Å²) in [6, 6.07) is 6.19. The van der Waals surface area contributed by atoms with Crippen molar-refractivity contribution in [3.05, 3.63) is 39.3 Å². The van der Waals surface area contributed by atoms with Gasteiger partial charge in [0.25, 0.3) is 5.56 Å². The van der Waals surface area contributed by atoms with Crippen molar-refractivity contribution in [2.45, 2.75) is 37.8 Å². The summed E-state index contributed by atoms with van der Waals surface area (Å²) in [7, 11) is 2.15. The lowest BCUT2D eigenvalue weighted by molar-refractivity contribution is 0.116. The van der Waals surface area contributed by atoms with Crippen molar-refractivity contribution in [3.63, 3.8) is 0 Å². The zero-order valence-electron chi connectivity index (χ0n) is 19.3. The number of rotatable bonds is 4. The number of piperazine rings is 1. The van der Waals surface area contributed by atoms with E-state index >= 15 is 0 Å². The number of fused-ring (bicyclic) bond motifs is 2. The third-order valence-corrected chi connectivity index (χ3v) is 8.03. The summed E-state index contributed by atoms with van der Waals surface area (Å²) in [5.41, 5.74) is 4.80. The van der Waals surface area contributed by atoms with E-state index in [9.17, 15) is 9.90 Å². The van der Waals surface area contributed by atoms with E-state index in [0.717, 1.165) is 79.5 Å². The van der Waals surface area contributed by atoms with Gasteiger partial charge in [0, 0.05) is 48.0 Å². The van der Waals surface area contributed by atoms with E-state index < -0.39 is 6.10 Å². The van der Waals surface area contributed by atoms with Crippen molar-refractivity contribution < 1.29 is 5.11 Å². The molecule has 0 amide bonds. The summed E-state index contributed by atoms with van der Waals surface area (Å²) in [5.74, 6) is 0.549. The van der Waals surface area contributed by atoms with Crippen molar-refractivity contribution in [2.75, 3.05) is 43.4 Å². The van der Waals surface area contributed by atoms with Crippen LogP contribution in [0, 0.1) is 0 Å². The molecular weight excluding hydrogens is 448 g/mol. The highest BCUT2D eigenvalue weighted by molar-refractivity contribution is 7.09. The molecule has 4 heterocycles. The van der Waals surface area contributed by atoms with Gasteiger partial charge < -0.3 is 30.2 Å². The van der Waals surface area contributed by atoms with E-state index in [1.165, 1.54) is 5.69 Å². The molecule has 0 unspecified atom stereocenters. The normalized spacial score (nSPS) is 22.0. The fourth-order valence-electron chi connectivity index (χ4n) is 5.24. The number of thiophene rings is 1.